The van der Waals surface area contributed by atoms with Gasteiger partial charge in [-0.2, -0.15) is 13.5 Å². The number of nitrogens with one attached hydrogen (secondary N) is 3. The molecule has 1 aromatic heterocycles. The van der Waals surface area contributed by atoms with Crippen molar-refractivity contribution >= 4 is 56.2 Å². The van der Waals surface area contributed by atoms with Gasteiger partial charge in [-0.1, -0.05) is 12.1 Å². The van der Waals surface area contributed by atoms with Crippen molar-refractivity contribution in [1.29, 1.82) is 5.41 Å². The summed E-state index contributed by atoms with van der Waals surface area (Å²) in [6, 6.07) is 3.94. The van der Waals surface area contributed by atoms with E-state index in [2.05, 4.69) is 25.1 Å². The Kier molecular flexibility index (Phi) is 11.1. The minimum atomic E-state index is -5.04. The zero-order valence-corrected chi connectivity index (χ0v) is 31.4. The number of aliphatic carboxylic acids is 1. The molecule has 21 heteroatoms. The Balaban J connectivity index is 1.32. The highest BCUT2D eigenvalue weighted by atomic mass is 32.3. The first-order chi connectivity index (χ1) is 24.7. The van der Waals surface area contributed by atoms with E-state index in [4.69, 9.17) is 35.7 Å². The lowest BCUT2D eigenvalue weighted by molar-refractivity contribution is -0.218. The molecule has 3 aliphatic rings. The normalized spacial score (nSPS) is 26.7. The van der Waals surface area contributed by atoms with Gasteiger partial charge in [-0.15, -0.1) is 15.6 Å². The quantitative estimate of drug-likeness (QED) is 0.0490. The molecule has 2 fully saturated rings. The predicted octanol–water partition coefficient (Wildman–Crippen LogP) is 0.971. The summed E-state index contributed by atoms with van der Waals surface area (Å²) in [6.45, 7) is 6.25. The fourth-order valence-corrected chi connectivity index (χ4v) is 7.80. The standard InChI is InChI=1S/C32H44N8O11S2/c1-16-12-18-13-17(25(33)36-19-8-10-32(35,11-9-19)15-48-5)6-7-21(18)49-24(16)31(4,28(43)44)50-39-22(20-14-52-29(34)37-20)26(41)38-23-27(42)40(30(23,2)3)51-53(45,46)47/h6-7,13-14,16,19,23-24H,8-12,15,35H2,1-5H3,(H2,33,36)(H2,34,37)(H,38,41)(H,43,44)(H,45,46,47)/b39-22-/t16-,19-,23+,24+,31-,32+/m0/s1. The van der Waals surface area contributed by atoms with Crippen molar-refractivity contribution < 1.29 is 51.1 Å². The molecule has 1 aliphatic carbocycles. The van der Waals surface area contributed by atoms with Crippen LogP contribution in [0.5, 0.6) is 5.75 Å². The number of oxime groups is 1. The number of hydroxylamine groups is 2. The molecule has 9 N–H and O–H groups in total. The number of β-lactam (4-membered cyclic amide) rings is 1. The van der Waals surface area contributed by atoms with E-state index in [0.29, 0.717) is 29.4 Å². The zero-order chi connectivity index (χ0) is 39.1. The number of thiazole rings is 1. The number of ether oxygens (including phenoxy) is 2. The molecule has 5 rings (SSSR count). The Morgan fingerprint density at radius 3 is 2.51 bits per heavy atom. The number of anilines is 1. The van der Waals surface area contributed by atoms with Gasteiger partial charge in [-0.05, 0) is 76.6 Å². The van der Waals surface area contributed by atoms with Crippen LogP contribution in [0.4, 0.5) is 5.13 Å². The van der Waals surface area contributed by atoms with E-state index in [0.717, 1.165) is 42.6 Å². The van der Waals surface area contributed by atoms with Crippen molar-refractivity contribution in [3.8, 4) is 5.75 Å². The van der Waals surface area contributed by atoms with Crippen LogP contribution >= 0.6 is 11.3 Å². The molecule has 0 unspecified atom stereocenters. The van der Waals surface area contributed by atoms with Gasteiger partial charge in [0.05, 0.1) is 12.1 Å². The van der Waals surface area contributed by atoms with Gasteiger partial charge >= 0.3 is 16.4 Å². The summed E-state index contributed by atoms with van der Waals surface area (Å²) in [5.74, 6) is -3.30. The number of carbonyl (C=O) groups excluding carboxylic acids is 2. The van der Waals surface area contributed by atoms with Crippen LogP contribution in [0.3, 0.4) is 0 Å². The molecule has 3 heterocycles. The molecule has 0 radical (unpaired) electrons. The summed E-state index contributed by atoms with van der Waals surface area (Å²) in [5, 5.41) is 30.6. The van der Waals surface area contributed by atoms with Crippen LogP contribution in [0.25, 0.3) is 0 Å². The van der Waals surface area contributed by atoms with Gasteiger partial charge in [-0.25, -0.2) is 9.78 Å². The van der Waals surface area contributed by atoms with Crippen LogP contribution in [0, 0.1) is 11.3 Å². The van der Waals surface area contributed by atoms with E-state index in [1.54, 1.807) is 26.2 Å². The fourth-order valence-electron chi connectivity index (χ4n) is 6.80. The van der Waals surface area contributed by atoms with Crippen molar-refractivity contribution in [2.75, 3.05) is 19.5 Å². The number of nitrogens with two attached hydrogens (primary N) is 2. The summed E-state index contributed by atoms with van der Waals surface area (Å²) in [5.41, 5.74) is 9.01. The Morgan fingerprint density at radius 2 is 1.94 bits per heavy atom. The fraction of sp³-hybridized carbons (Fsp3) is 0.562. The lowest BCUT2D eigenvalue weighted by atomic mass is 9.80. The van der Waals surface area contributed by atoms with Gasteiger partial charge in [0, 0.05) is 35.6 Å². The number of methoxy groups -OCH3 is 1. The van der Waals surface area contributed by atoms with E-state index in [1.807, 2.05) is 6.07 Å². The summed E-state index contributed by atoms with van der Waals surface area (Å²) < 4.78 is 47.3. The van der Waals surface area contributed by atoms with Crippen molar-refractivity contribution in [3.05, 3.63) is 40.4 Å². The van der Waals surface area contributed by atoms with Crippen molar-refractivity contribution in [3.63, 3.8) is 0 Å². The predicted molar refractivity (Wildman–Crippen MR) is 190 cm³/mol. The molecule has 2 amide bonds. The second kappa shape index (κ2) is 14.8. The van der Waals surface area contributed by atoms with Gasteiger partial charge in [0.1, 0.15) is 23.3 Å². The van der Waals surface area contributed by atoms with E-state index >= 15 is 0 Å². The number of hydrogen-bond donors (Lipinski definition) is 7. The van der Waals surface area contributed by atoms with Crippen LogP contribution in [-0.4, -0.2) is 106 Å². The molecule has 2 aromatic rings. The highest BCUT2D eigenvalue weighted by molar-refractivity contribution is 7.80. The second-order valence-corrected chi connectivity index (χ2v) is 16.2. The number of hydrogen-bond acceptors (Lipinski definition) is 15. The minimum Gasteiger partial charge on any atom is -0.485 e. The SMILES string of the molecule is COC[C@]1(N)CC[C@@H](NC(=N)c2ccc3c(c2)C[C@H](C)[C@H]([C@](C)(O/N=C(\C(=O)N[C@@H]2C(=O)N(OS(=O)(=O)O)C2(C)C)c2csc(N)n2)C(=O)O)O3)CC1. The lowest BCUT2D eigenvalue weighted by Crippen LogP contribution is -2.76. The molecule has 1 saturated carbocycles. The summed E-state index contributed by atoms with van der Waals surface area (Å²) >= 11 is 0.961. The van der Waals surface area contributed by atoms with Crippen molar-refractivity contribution in [2.24, 2.45) is 16.8 Å². The largest absolute Gasteiger partial charge is 0.485 e. The molecule has 2 aliphatic heterocycles. The third-order valence-corrected chi connectivity index (χ3v) is 10.8. The summed E-state index contributed by atoms with van der Waals surface area (Å²) in [6.07, 6.45) is 2.39. The number of carbonyl (C=O) groups is 3. The highest BCUT2D eigenvalue weighted by Crippen LogP contribution is 2.38. The van der Waals surface area contributed by atoms with Gasteiger partial charge in [0.2, 0.25) is 0 Å². The number of carboxylic acid groups (broad SMARTS) is 1. The maximum Gasteiger partial charge on any atom is 0.418 e. The van der Waals surface area contributed by atoms with Crippen LogP contribution in [0.15, 0.2) is 28.7 Å². The molecule has 290 valence electrons. The topological polar surface area (TPSA) is 291 Å². The number of amidine groups is 1. The van der Waals surface area contributed by atoms with E-state index in [1.165, 1.54) is 26.2 Å². The third kappa shape index (κ3) is 8.39. The first-order valence-electron chi connectivity index (χ1n) is 16.6. The Labute approximate surface area is 309 Å². The number of carboxylic acids is 1. The maximum atomic E-state index is 13.6. The van der Waals surface area contributed by atoms with Crippen LogP contribution in [0.2, 0.25) is 0 Å². The van der Waals surface area contributed by atoms with Gasteiger partial charge in [0.15, 0.2) is 16.9 Å². The Bertz CT molecular complexity index is 1910. The van der Waals surface area contributed by atoms with E-state index < -0.39 is 63.1 Å². The third-order valence-electron chi connectivity index (χ3n) is 9.82. The molecule has 53 heavy (non-hydrogen) atoms. The molecule has 0 bridgehead atoms. The first kappa shape index (κ1) is 39.8. The van der Waals surface area contributed by atoms with Gasteiger partial charge in [-0.3, -0.25) is 19.6 Å². The van der Waals surface area contributed by atoms with E-state index in [-0.39, 0.29) is 28.2 Å². The molecule has 4 atom stereocenters. The average molecular weight is 781 g/mol. The first-order valence-corrected chi connectivity index (χ1v) is 18.9. The molecule has 0 spiro atoms. The number of fused-ring (bicyclic) bond motifs is 1. The average Bonchev–Trinajstić information content (AvgIpc) is 3.51. The van der Waals surface area contributed by atoms with Crippen molar-refractivity contribution in [1.82, 2.24) is 20.7 Å². The number of benzene rings is 1. The molecular weight excluding hydrogens is 737 g/mol. The molecule has 1 saturated heterocycles. The number of nitrogens with zero attached hydrogens (tertiary/aromatic N) is 3. The monoisotopic (exact) mass is 780 g/mol. The molecule has 19 nitrogen and oxygen atoms in total. The number of aromatic nitrogens is 1. The zero-order valence-electron chi connectivity index (χ0n) is 29.7. The van der Waals surface area contributed by atoms with Crippen LogP contribution in [0.1, 0.15) is 70.2 Å². The number of rotatable bonds is 13. The number of amides is 2. The summed E-state index contributed by atoms with van der Waals surface area (Å²) in [4.78, 5) is 48.8. The van der Waals surface area contributed by atoms with Crippen LogP contribution in [-0.2, 0) is 45.1 Å². The van der Waals surface area contributed by atoms with E-state index in [9.17, 15) is 27.9 Å². The van der Waals surface area contributed by atoms with Crippen molar-refractivity contribution in [2.45, 2.75) is 94.7 Å². The molecular formula is C32H44N8O11S2. The van der Waals surface area contributed by atoms with Gasteiger partial charge < -0.3 is 41.5 Å². The smallest absolute Gasteiger partial charge is 0.418 e. The summed E-state index contributed by atoms with van der Waals surface area (Å²) in [7, 11) is -3.41. The molecule has 1 aromatic carbocycles. The minimum absolute atomic E-state index is 0.0520. The Hall–Kier alpha value is -4.41. The van der Waals surface area contributed by atoms with Gasteiger partial charge in [0.25, 0.3) is 17.4 Å². The van der Waals surface area contributed by atoms with Crippen LogP contribution < -0.4 is 26.8 Å². The Morgan fingerprint density at radius 1 is 1.26 bits per heavy atom. The number of nitrogen functional groups attached to an aromatic ring is 1. The lowest BCUT2D eigenvalue weighted by Gasteiger charge is -2.50. The maximum absolute atomic E-state index is 13.6. The highest BCUT2D eigenvalue weighted by Gasteiger charge is 2.58. The second-order valence-electron chi connectivity index (χ2n) is 14.3.